The highest BCUT2D eigenvalue weighted by atomic mass is 14.9. The number of rotatable bonds is 5. The molecule has 0 unspecified atom stereocenters. The molecule has 2 aliphatic rings. The van der Waals surface area contributed by atoms with E-state index < -0.39 is 0 Å². The first kappa shape index (κ1) is 11.4. The molecule has 2 fully saturated rings. The van der Waals surface area contributed by atoms with E-state index in [1.54, 1.807) is 0 Å². The van der Waals surface area contributed by atoms with E-state index in [4.69, 9.17) is 0 Å². The fourth-order valence-corrected chi connectivity index (χ4v) is 2.68. The minimum Gasteiger partial charge on any atom is -0.317 e. The monoisotopic (exact) mass is 210 g/mol. The van der Waals surface area contributed by atoms with Crippen molar-refractivity contribution in [1.82, 2.24) is 10.6 Å². The Morgan fingerprint density at radius 3 is 2.60 bits per heavy atom. The summed E-state index contributed by atoms with van der Waals surface area (Å²) in [5, 5.41) is 7.11. The fraction of sp³-hybridized carbons (Fsp3) is 1.00. The molecular formula is C13H26N2. The maximum Gasteiger partial charge on any atom is 0.000611 e. The lowest BCUT2D eigenvalue weighted by Crippen LogP contribution is -2.41. The van der Waals surface area contributed by atoms with Gasteiger partial charge in [0.1, 0.15) is 0 Å². The van der Waals surface area contributed by atoms with Crippen molar-refractivity contribution in [2.75, 3.05) is 26.2 Å². The summed E-state index contributed by atoms with van der Waals surface area (Å²) in [5.41, 5.74) is 0.560. The van der Waals surface area contributed by atoms with Gasteiger partial charge in [0.2, 0.25) is 0 Å². The average Bonchev–Trinajstić information content (AvgIpc) is 2.16. The van der Waals surface area contributed by atoms with Crippen LogP contribution in [0.4, 0.5) is 0 Å². The van der Waals surface area contributed by atoms with Crippen molar-refractivity contribution in [3.8, 4) is 0 Å². The van der Waals surface area contributed by atoms with Crippen LogP contribution in [-0.4, -0.2) is 26.2 Å². The molecule has 2 heteroatoms. The van der Waals surface area contributed by atoms with Gasteiger partial charge in [-0.1, -0.05) is 26.2 Å². The van der Waals surface area contributed by atoms with Gasteiger partial charge in [-0.3, -0.25) is 0 Å². The van der Waals surface area contributed by atoms with Crippen LogP contribution >= 0.6 is 0 Å². The Labute approximate surface area is 94.2 Å². The van der Waals surface area contributed by atoms with E-state index >= 15 is 0 Å². The van der Waals surface area contributed by atoms with E-state index in [1.165, 1.54) is 64.7 Å². The van der Waals surface area contributed by atoms with Gasteiger partial charge >= 0.3 is 0 Å². The normalized spacial score (nSPS) is 26.2. The summed E-state index contributed by atoms with van der Waals surface area (Å²) < 4.78 is 0. The molecule has 88 valence electrons. The molecule has 0 atom stereocenters. The third-order valence-corrected chi connectivity index (χ3v) is 4.32. The SMILES string of the molecule is CC1(CNCCC2CCC2)CCNCC1. The molecular weight excluding hydrogens is 184 g/mol. The first-order valence-corrected chi connectivity index (χ1v) is 6.70. The molecule has 0 spiro atoms. The van der Waals surface area contributed by atoms with E-state index in [0.717, 1.165) is 5.92 Å². The zero-order chi connectivity index (χ0) is 10.6. The second-order valence-electron chi connectivity index (χ2n) is 5.82. The van der Waals surface area contributed by atoms with Crippen molar-refractivity contribution in [2.45, 2.75) is 45.4 Å². The van der Waals surface area contributed by atoms with E-state index in [2.05, 4.69) is 17.6 Å². The molecule has 1 aliphatic carbocycles. The molecule has 0 amide bonds. The van der Waals surface area contributed by atoms with Gasteiger partial charge in [-0.2, -0.15) is 0 Å². The standard InChI is InChI=1S/C13H26N2/c1-13(6-9-14-10-7-13)11-15-8-5-12-3-2-4-12/h12,14-15H,2-11H2,1H3. The van der Waals surface area contributed by atoms with Crippen LogP contribution in [0.2, 0.25) is 0 Å². The van der Waals surface area contributed by atoms with Gasteiger partial charge in [-0.25, -0.2) is 0 Å². The lowest BCUT2D eigenvalue weighted by atomic mass is 9.80. The van der Waals surface area contributed by atoms with Crippen LogP contribution < -0.4 is 10.6 Å². The summed E-state index contributed by atoms with van der Waals surface area (Å²) in [4.78, 5) is 0. The topological polar surface area (TPSA) is 24.1 Å². The second kappa shape index (κ2) is 5.31. The predicted molar refractivity (Wildman–Crippen MR) is 65.0 cm³/mol. The van der Waals surface area contributed by atoms with Gasteiger partial charge in [0.15, 0.2) is 0 Å². The quantitative estimate of drug-likeness (QED) is 0.680. The number of nitrogens with one attached hydrogen (secondary N) is 2. The summed E-state index contributed by atoms with van der Waals surface area (Å²) in [6, 6.07) is 0. The lowest BCUT2D eigenvalue weighted by Gasteiger charge is -2.34. The van der Waals surface area contributed by atoms with Crippen LogP contribution in [-0.2, 0) is 0 Å². The molecule has 1 saturated carbocycles. The molecule has 0 aromatic heterocycles. The van der Waals surface area contributed by atoms with Crippen molar-refractivity contribution in [3.05, 3.63) is 0 Å². The molecule has 0 aromatic rings. The molecule has 0 radical (unpaired) electrons. The minimum absolute atomic E-state index is 0.560. The summed E-state index contributed by atoms with van der Waals surface area (Å²) >= 11 is 0. The summed E-state index contributed by atoms with van der Waals surface area (Å²) in [6.07, 6.45) is 8.54. The molecule has 1 saturated heterocycles. The van der Waals surface area contributed by atoms with Crippen LogP contribution in [0.5, 0.6) is 0 Å². The first-order chi connectivity index (χ1) is 7.29. The maximum atomic E-state index is 3.67. The van der Waals surface area contributed by atoms with Gasteiger partial charge in [0.05, 0.1) is 0 Å². The maximum absolute atomic E-state index is 3.67. The molecule has 2 rings (SSSR count). The lowest BCUT2D eigenvalue weighted by molar-refractivity contribution is 0.214. The van der Waals surface area contributed by atoms with Gasteiger partial charge < -0.3 is 10.6 Å². The Morgan fingerprint density at radius 2 is 2.00 bits per heavy atom. The highest BCUT2D eigenvalue weighted by Gasteiger charge is 2.26. The number of hydrogen-bond acceptors (Lipinski definition) is 2. The van der Waals surface area contributed by atoms with Crippen molar-refractivity contribution in [2.24, 2.45) is 11.3 Å². The van der Waals surface area contributed by atoms with E-state index in [9.17, 15) is 0 Å². The van der Waals surface area contributed by atoms with E-state index in [1.807, 2.05) is 0 Å². The Kier molecular flexibility index (Phi) is 4.04. The molecule has 0 aromatic carbocycles. The average molecular weight is 210 g/mol. The molecule has 0 bridgehead atoms. The van der Waals surface area contributed by atoms with Crippen LogP contribution in [0.3, 0.4) is 0 Å². The third-order valence-electron chi connectivity index (χ3n) is 4.32. The summed E-state index contributed by atoms with van der Waals surface area (Å²) in [6.45, 7) is 7.32. The Morgan fingerprint density at radius 1 is 1.27 bits per heavy atom. The van der Waals surface area contributed by atoms with Gasteiger partial charge in [0, 0.05) is 6.54 Å². The van der Waals surface area contributed by atoms with Crippen LogP contribution in [0.1, 0.15) is 45.4 Å². The van der Waals surface area contributed by atoms with E-state index in [0.29, 0.717) is 5.41 Å². The Bertz CT molecular complexity index is 181. The van der Waals surface area contributed by atoms with Crippen molar-refractivity contribution >= 4 is 0 Å². The van der Waals surface area contributed by atoms with Gasteiger partial charge in [-0.15, -0.1) is 0 Å². The summed E-state index contributed by atoms with van der Waals surface area (Å²) in [7, 11) is 0. The van der Waals surface area contributed by atoms with Crippen LogP contribution in [0.15, 0.2) is 0 Å². The zero-order valence-corrected chi connectivity index (χ0v) is 10.1. The zero-order valence-electron chi connectivity index (χ0n) is 10.1. The van der Waals surface area contributed by atoms with E-state index in [-0.39, 0.29) is 0 Å². The highest BCUT2D eigenvalue weighted by molar-refractivity contribution is 4.82. The van der Waals surface area contributed by atoms with Crippen molar-refractivity contribution in [3.63, 3.8) is 0 Å². The molecule has 1 aliphatic heterocycles. The smallest absolute Gasteiger partial charge is 0.000611 e. The van der Waals surface area contributed by atoms with Gasteiger partial charge in [-0.05, 0) is 50.2 Å². The van der Waals surface area contributed by atoms with Crippen molar-refractivity contribution in [1.29, 1.82) is 0 Å². The highest BCUT2D eigenvalue weighted by Crippen LogP contribution is 2.29. The largest absolute Gasteiger partial charge is 0.317 e. The fourth-order valence-electron chi connectivity index (χ4n) is 2.68. The third kappa shape index (κ3) is 3.46. The van der Waals surface area contributed by atoms with Crippen LogP contribution in [0, 0.1) is 11.3 Å². The van der Waals surface area contributed by atoms with Crippen molar-refractivity contribution < 1.29 is 0 Å². The molecule has 2 nitrogen and oxygen atoms in total. The minimum atomic E-state index is 0.560. The number of hydrogen-bond donors (Lipinski definition) is 2. The molecule has 2 N–H and O–H groups in total. The summed E-state index contributed by atoms with van der Waals surface area (Å²) in [5.74, 6) is 1.05. The second-order valence-corrected chi connectivity index (χ2v) is 5.82. The predicted octanol–water partition coefficient (Wildman–Crippen LogP) is 2.16. The molecule has 1 heterocycles. The van der Waals surface area contributed by atoms with Gasteiger partial charge in [0.25, 0.3) is 0 Å². The number of piperidine rings is 1. The first-order valence-electron chi connectivity index (χ1n) is 6.70. The Balaban J connectivity index is 1.55. The molecule has 15 heavy (non-hydrogen) atoms. The Hall–Kier alpha value is -0.0800. The van der Waals surface area contributed by atoms with Crippen LogP contribution in [0.25, 0.3) is 0 Å².